The number of aliphatic hydroxyl groups is 1. The van der Waals surface area contributed by atoms with Gasteiger partial charge in [-0.1, -0.05) is 0 Å². The van der Waals surface area contributed by atoms with Crippen molar-refractivity contribution < 1.29 is 9.84 Å². The monoisotopic (exact) mass is 246 g/mol. The smallest absolute Gasteiger partial charge is 0.232 e. The van der Waals surface area contributed by atoms with Gasteiger partial charge in [0.1, 0.15) is 17.7 Å². The normalized spacial score (nSPS) is 23.4. The van der Waals surface area contributed by atoms with Gasteiger partial charge in [-0.25, -0.2) is 4.98 Å². The molecule has 1 N–H and O–H groups in total. The average molecular weight is 246 g/mol. The van der Waals surface area contributed by atoms with E-state index in [4.69, 9.17) is 15.1 Å². The number of ether oxygens (including phenoxy) is 1. The molecule has 0 radical (unpaired) electrons. The SMILES string of the molecule is Cc1ccc(C#N)c(OC2CCC(CO)CC2)n1. The molecule has 0 aromatic carbocycles. The summed E-state index contributed by atoms with van der Waals surface area (Å²) in [4.78, 5) is 4.28. The molecule has 1 fully saturated rings. The molecular formula is C14H18N2O2. The zero-order valence-corrected chi connectivity index (χ0v) is 10.6. The van der Waals surface area contributed by atoms with Crippen LogP contribution < -0.4 is 4.74 Å². The quantitative estimate of drug-likeness (QED) is 0.887. The van der Waals surface area contributed by atoms with Crippen LogP contribution in [0.4, 0.5) is 0 Å². The van der Waals surface area contributed by atoms with E-state index in [1.54, 1.807) is 6.07 Å². The zero-order valence-electron chi connectivity index (χ0n) is 10.6. The minimum atomic E-state index is 0.120. The van der Waals surface area contributed by atoms with Gasteiger partial charge < -0.3 is 9.84 Å². The lowest BCUT2D eigenvalue weighted by Gasteiger charge is -2.27. The van der Waals surface area contributed by atoms with Crippen LogP contribution in [-0.2, 0) is 0 Å². The van der Waals surface area contributed by atoms with E-state index in [2.05, 4.69) is 11.1 Å². The highest BCUT2D eigenvalue weighted by molar-refractivity contribution is 5.38. The second kappa shape index (κ2) is 5.83. The van der Waals surface area contributed by atoms with Gasteiger partial charge >= 0.3 is 0 Å². The van der Waals surface area contributed by atoms with Crippen LogP contribution in [0.3, 0.4) is 0 Å². The first-order chi connectivity index (χ1) is 8.72. The van der Waals surface area contributed by atoms with Crippen molar-refractivity contribution in [2.45, 2.75) is 38.7 Å². The number of aliphatic hydroxyl groups excluding tert-OH is 1. The molecule has 1 aliphatic carbocycles. The van der Waals surface area contributed by atoms with Crippen LogP contribution >= 0.6 is 0 Å². The number of hydrogen-bond donors (Lipinski definition) is 1. The van der Waals surface area contributed by atoms with E-state index in [0.29, 0.717) is 17.4 Å². The van der Waals surface area contributed by atoms with Gasteiger partial charge in [-0.2, -0.15) is 5.26 Å². The van der Waals surface area contributed by atoms with Gasteiger partial charge in [-0.15, -0.1) is 0 Å². The summed E-state index contributed by atoms with van der Waals surface area (Å²) in [5, 5.41) is 18.1. The van der Waals surface area contributed by atoms with Gasteiger partial charge in [0, 0.05) is 12.3 Å². The van der Waals surface area contributed by atoms with Crippen molar-refractivity contribution in [3.05, 3.63) is 23.4 Å². The topological polar surface area (TPSA) is 66.1 Å². The first-order valence-corrected chi connectivity index (χ1v) is 6.38. The Morgan fingerprint density at radius 2 is 2.11 bits per heavy atom. The molecule has 0 unspecified atom stereocenters. The fraction of sp³-hybridized carbons (Fsp3) is 0.571. The Kier molecular flexibility index (Phi) is 4.16. The van der Waals surface area contributed by atoms with E-state index in [1.165, 1.54) is 0 Å². The van der Waals surface area contributed by atoms with Crippen LogP contribution in [0.15, 0.2) is 12.1 Å². The number of pyridine rings is 1. The summed E-state index contributed by atoms with van der Waals surface area (Å²) >= 11 is 0. The summed E-state index contributed by atoms with van der Waals surface area (Å²) in [6.07, 6.45) is 3.93. The highest BCUT2D eigenvalue weighted by Gasteiger charge is 2.23. The largest absolute Gasteiger partial charge is 0.473 e. The van der Waals surface area contributed by atoms with Gasteiger partial charge in [0.05, 0.1) is 0 Å². The van der Waals surface area contributed by atoms with Crippen LogP contribution in [0.2, 0.25) is 0 Å². The minimum Gasteiger partial charge on any atom is -0.473 e. The summed E-state index contributed by atoms with van der Waals surface area (Å²) < 4.78 is 5.84. The highest BCUT2D eigenvalue weighted by atomic mass is 16.5. The maximum absolute atomic E-state index is 9.09. The number of nitriles is 1. The minimum absolute atomic E-state index is 0.120. The van der Waals surface area contributed by atoms with Gasteiger partial charge in [0.2, 0.25) is 5.88 Å². The molecule has 96 valence electrons. The number of hydrogen-bond acceptors (Lipinski definition) is 4. The first kappa shape index (κ1) is 12.8. The maximum Gasteiger partial charge on any atom is 0.232 e. The second-order valence-corrected chi connectivity index (χ2v) is 4.86. The molecule has 0 aliphatic heterocycles. The van der Waals surface area contributed by atoms with Gasteiger partial charge in [0.15, 0.2) is 0 Å². The van der Waals surface area contributed by atoms with E-state index >= 15 is 0 Å². The summed E-state index contributed by atoms with van der Waals surface area (Å²) in [5.74, 6) is 0.857. The molecule has 0 spiro atoms. The first-order valence-electron chi connectivity index (χ1n) is 6.38. The van der Waals surface area contributed by atoms with E-state index < -0.39 is 0 Å². The molecule has 0 atom stereocenters. The van der Waals surface area contributed by atoms with Crippen LogP contribution in [0.25, 0.3) is 0 Å². The third kappa shape index (κ3) is 2.99. The summed E-state index contributed by atoms with van der Waals surface area (Å²) in [6, 6.07) is 5.67. The van der Waals surface area contributed by atoms with Gasteiger partial charge in [-0.3, -0.25) is 0 Å². The van der Waals surface area contributed by atoms with Crippen molar-refractivity contribution in [3.8, 4) is 11.9 Å². The van der Waals surface area contributed by atoms with Crippen LogP contribution in [0, 0.1) is 24.2 Å². The fourth-order valence-corrected chi connectivity index (χ4v) is 2.30. The van der Waals surface area contributed by atoms with Crippen molar-refractivity contribution in [1.29, 1.82) is 5.26 Å². The summed E-state index contributed by atoms with van der Waals surface area (Å²) in [6.45, 7) is 2.15. The second-order valence-electron chi connectivity index (χ2n) is 4.86. The third-order valence-electron chi connectivity index (χ3n) is 3.45. The number of nitrogens with zero attached hydrogens (tertiary/aromatic N) is 2. The summed E-state index contributed by atoms with van der Waals surface area (Å²) in [5.41, 5.74) is 1.35. The van der Waals surface area contributed by atoms with E-state index in [0.717, 1.165) is 31.4 Å². The summed E-state index contributed by atoms with van der Waals surface area (Å²) in [7, 11) is 0. The molecule has 1 heterocycles. The molecular weight excluding hydrogens is 228 g/mol. The molecule has 2 rings (SSSR count). The Hall–Kier alpha value is -1.60. The predicted octanol–water partition coefficient (Wildman–Crippen LogP) is 2.19. The highest BCUT2D eigenvalue weighted by Crippen LogP contribution is 2.27. The van der Waals surface area contributed by atoms with Crippen LogP contribution in [0.5, 0.6) is 5.88 Å². The zero-order chi connectivity index (χ0) is 13.0. The molecule has 4 nitrogen and oxygen atoms in total. The molecule has 1 aromatic rings. The lowest BCUT2D eigenvalue weighted by molar-refractivity contribution is 0.100. The standard InChI is InChI=1S/C14H18N2O2/c1-10-2-5-12(8-15)14(16-10)18-13-6-3-11(9-17)4-7-13/h2,5,11,13,17H,3-4,6-7,9H2,1H3. The molecule has 1 saturated carbocycles. The Labute approximate surface area is 107 Å². The maximum atomic E-state index is 9.09. The molecule has 4 heteroatoms. The molecule has 18 heavy (non-hydrogen) atoms. The Bertz CT molecular complexity index is 446. The van der Waals surface area contributed by atoms with Crippen molar-refractivity contribution in [1.82, 2.24) is 4.98 Å². The van der Waals surface area contributed by atoms with E-state index in [9.17, 15) is 0 Å². The third-order valence-corrected chi connectivity index (χ3v) is 3.45. The predicted molar refractivity (Wildman–Crippen MR) is 67.1 cm³/mol. The van der Waals surface area contributed by atoms with E-state index in [1.807, 2.05) is 13.0 Å². The molecule has 1 aromatic heterocycles. The van der Waals surface area contributed by atoms with Crippen LogP contribution in [0.1, 0.15) is 36.9 Å². The number of rotatable bonds is 3. The lowest BCUT2D eigenvalue weighted by atomic mass is 9.88. The van der Waals surface area contributed by atoms with Gasteiger partial charge in [-0.05, 0) is 50.7 Å². The Balaban J connectivity index is 2.02. The Morgan fingerprint density at radius 3 is 2.72 bits per heavy atom. The van der Waals surface area contributed by atoms with Crippen molar-refractivity contribution >= 4 is 0 Å². The average Bonchev–Trinajstić information content (AvgIpc) is 2.40. The van der Waals surface area contributed by atoms with Crippen molar-refractivity contribution in [3.63, 3.8) is 0 Å². The molecule has 0 saturated heterocycles. The van der Waals surface area contributed by atoms with Gasteiger partial charge in [0.25, 0.3) is 0 Å². The van der Waals surface area contributed by atoms with Crippen molar-refractivity contribution in [2.24, 2.45) is 5.92 Å². The van der Waals surface area contributed by atoms with E-state index in [-0.39, 0.29) is 12.7 Å². The van der Waals surface area contributed by atoms with Crippen LogP contribution in [-0.4, -0.2) is 22.8 Å². The number of aryl methyl sites for hydroxylation is 1. The fourth-order valence-electron chi connectivity index (χ4n) is 2.30. The molecule has 0 amide bonds. The molecule has 0 bridgehead atoms. The van der Waals surface area contributed by atoms with Crippen molar-refractivity contribution in [2.75, 3.05) is 6.61 Å². The molecule has 1 aliphatic rings. The number of aromatic nitrogens is 1. The Morgan fingerprint density at radius 1 is 1.39 bits per heavy atom. The lowest BCUT2D eigenvalue weighted by Crippen LogP contribution is -2.26.